The fourth-order valence-corrected chi connectivity index (χ4v) is 2.82. The van der Waals surface area contributed by atoms with Gasteiger partial charge in [0.1, 0.15) is 11.5 Å². The van der Waals surface area contributed by atoms with Gasteiger partial charge in [0.15, 0.2) is 0 Å². The van der Waals surface area contributed by atoms with Crippen molar-refractivity contribution in [3.63, 3.8) is 0 Å². The molecule has 134 valence electrons. The topological polar surface area (TPSA) is 47.6 Å². The van der Waals surface area contributed by atoms with Crippen LogP contribution >= 0.6 is 0 Å². The number of benzene rings is 2. The highest BCUT2D eigenvalue weighted by atomic mass is 16.5. The average Bonchev–Trinajstić information content (AvgIpc) is 2.59. The Hall–Kier alpha value is -2.33. The van der Waals surface area contributed by atoms with Crippen LogP contribution in [0.3, 0.4) is 0 Å². The van der Waals surface area contributed by atoms with E-state index in [2.05, 4.69) is 37.4 Å². The third-order valence-electron chi connectivity index (χ3n) is 4.30. The lowest BCUT2D eigenvalue weighted by Gasteiger charge is -2.17. The van der Waals surface area contributed by atoms with Crippen molar-refractivity contribution in [2.45, 2.75) is 46.7 Å². The molecule has 1 N–H and O–H groups in total. The van der Waals surface area contributed by atoms with E-state index in [4.69, 9.17) is 9.47 Å². The molecule has 2 aromatic rings. The summed E-state index contributed by atoms with van der Waals surface area (Å²) in [7, 11) is 1.68. The summed E-state index contributed by atoms with van der Waals surface area (Å²) in [6.07, 6.45) is 0.829. The molecule has 4 heteroatoms. The molecule has 0 heterocycles. The summed E-state index contributed by atoms with van der Waals surface area (Å²) in [4.78, 5) is 11.3. The monoisotopic (exact) mass is 341 g/mol. The van der Waals surface area contributed by atoms with Gasteiger partial charge >= 0.3 is 5.97 Å². The molecule has 1 atom stereocenters. The number of nitrogens with one attached hydrogen (secondary N) is 1. The molecule has 2 rings (SSSR count). The Bertz CT molecular complexity index is 740. The number of methoxy groups -OCH3 is 1. The summed E-state index contributed by atoms with van der Waals surface area (Å²) >= 11 is 0. The van der Waals surface area contributed by atoms with Gasteiger partial charge in [-0.3, -0.25) is 4.79 Å². The quantitative estimate of drug-likeness (QED) is 0.601. The van der Waals surface area contributed by atoms with Crippen molar-refractivity contribution in [2.75, 3.05) is 7.11 Å². The second-order valence-corrected chi connectivity index (χ2v) is 6.22. The standard InChI is InChI=1S/C21H27NO3/c1-6-18-8-9-19(12-21(18)25-16(4)23)15(3)22-13-17-7-10-20(24-5)14(2)11-17/h7-12,15,22H,6,13H2,1-5H3/t15-/m1/s1. The Morgan fingerprint density at radius 3 is 2.52 bits per heavy atom. The fourth-order valence-electron chi connectivity index (χ4n) is 2.82. The van der Waals surface area contributed by atoms with Crippen molar-refractivity contribution in [1.82, 2.24) is 5.32 Å². The maximum Gasteiger partial charge on any atom is 0.308 e. The first-order valence-corrected chi connectivity index (χ1v) is 8.62. The predicted octanol–water partition coefficient (Wildman–Crippen LogP) is 4.34. The maximum absolute atomic E-state index is 11.3. The summed E-state index contributed by atoms with van der Waals surface area (Å²) in [6.45, 7) is 8.38. The Labute approximate surface area is 150 Å². The fraction of sp³-hybridized carbons (Fsp3) is 0.381. The van der Waals surface area contributed by atoms with Gasteiger partial charge in [0.05, 0.1) is 7.11 Å². The zero-order valence-corrected chi connectivity index (χ0v) is 15.7. The van der Waals surface area contributed by atoms with Crippen LogP contribution in [0.25, 0.3) is 0 Å². The van der Waals surface area contributed by atoms with Crippen molar-refractivity contribution >= 4 is 5.97 Å². The van der Waals surface area contributed by atoms with Crippen molar-refractivity contribution in [1.29, 1.82) is 0 Å². The highest BCUT2D eigenvalue weighted by Gasteiger charge is 2.11. The summed E-state index contributed by atoms with van der Waals surface area (Å²) in [6, 6.07) is 12.4. The molecule has 2 aromatic carbocycles. The van der Waals surface area contributed by atoms with Crippen LogP contribution in [-0.4, -0.2) is 13.1 Å². The molecule has 4 nitrogen and oxygen atoms in total. The lowest BCUT2D eigenvalue weighted by molar-refractivity contribution is -0.131. The number of hydrogen-bond acceptors (Lipinski definition) is 4. The van der Waals surface area contributed by atoms with E-state index in [1.807, 2.05) is 25.1 Å². The Balaban J connectivity index is 2.08. The SMILES string of the molecule is CCc1ccc([C@@H](C)NCc2ccc(OC)c(C)c2)cc1OC(C)=O. The molecule has 0 unspecified atom stereocenters. The van der Waals surface area contributed by atoms with Crippen LogP contribution in [0.15, 0.2) is 36.4 Å². The third kappa shape index (κ3) is 5.07. The molecule has 0 saturated carbocycles. The molecule has 0 amide bonds. The van der Waals surface area contributed by atoms with E-state index in [0.29, 0.717) is 5.75 Å². The minimum Gasteiger partial charge on any atom is -0.496 e. The van der Waals surface area contributed by atoms with Gasteiger partial charge in [0.25, 0.3) is 0 Å². The zero-order chi connectivity index (χ0) is 18.4. The second kappa shape index (κ2) is 8.67. The molecule has 0 bridgehead atoms. The van der Waals surface area contributed by atoms with E-state index in [1.165, 1.54) is 12.5 Å². The number of carbonyl (C=O) groups is 1. The van der Waals surface area contributed by atoms with E-state index in [-0.39, 0.29) is 12.0 Å². The summed E-state index contributed by atoms with van der Waals surface area (Å²) in [5.74, 6) is 1.26. The van der Waals surface area contributed by atoms with Crippen molar-refractivity contribution in [3.05, 3.63) is 58.7 Å². The molecule has 0 aliphatic heterocycles. The van der Waals surface area contributed by atoms with Gasteiger partial charge in [-0.2, -0.15) is 0 Å². The highest BCUT2D eigenvalue weighted by molar-refractivity contribution is 5.70. The van der Waals surface area contributed by atoms with E-state index in [1.54, 1.807) is 7.11 Å². The highest BCUT2D eigenvalue weighted by Crippen LogP contribution is 2.25. The van der Waals surface area contributed by atoms with E-state index in [9.17, 15) is 4.79 Å². The Morgan fingerprint density at radius 1 is 1.16 bits per heavy atom. The van der Waals surface area contributed by atoms with Crippen molar-refractivity contribution < 1.29 is 14.3 Å². The molecule has 0 aromatic heterocycles. The molecule has 25 heavy (non-hydrogen) atoms. The summed E-state index contributed by atoms with van der Waals surface area (Å²) < 4.78 is 10.7. The lowest BCUT2D eigenvalue weighted by atomic mass is 10.0. The zero-order valence-electron chi connectivity index (χ0n) is 15.7. The van der Waals surface area contributed by atoms with E-state index >= 15 is 0 Å². The maximum atomic E-state index is 11.3. The predicted molar refractivity (Wildman–Crippen MR) is 100 cm³/mol. The molecular formula is C21H27NO3. The smallest absolute Gasteiger partial charge is 0.308 e. The molecule has 0 saturated heterocycles. The minimum absolute atomic E-state index is 0.141. The third-order valence-corrected chi connectivity index (χ3v) is 4.30. The molecule has 0 aliphatic rings. The van der Waals surface area contributed by atoms with Crippen LogP contribution in [0.1, 0.15) is 49.1 Å². The van der Waals surface area contributed by atoms with Crippen molar-refractivity contribution in [3.8, 4) is 11.5 Å². The van der Waals surface area contributed by atoms with Gasteiger partial charge < -0.3 is 14.8 Å². The average molecular weight is 341 g/mol. The first-order valence-electron chi connectivity index (χ1n) is 8.62. The van der Waals surface area contributed by atoms with Crippen LogP contribution in [0, 0.1) is 6.92 Å². The number of ether oxygens (including phenoxy) is 2. The minimum atomic E-state index is -0.291. The first-order chi connectivity index (χ1) is 11.9. The summed E-state index contributed by atoms with van der Waals surface area (Å²) in [5.41, 5.74) is 4.46. The van der Waals surface area contributed by atoms with Gasteiger partial charge in [0.2, 0.25) is 0 Å². The lowest BCUT2D eigenvalue weighted by Crippen LogP contribution is -2.18. The number of esters is 1. The number of hydrogen-bond donors (Lipinski definition) is 1. The number of rotatable bonds is 7. The number of aryl methyl sites for hydroxylation is 2. The molecule has 0 aliphatic carbocycles. The second-order valence-electron chi connectivity index (χ2n) is 6.22. The van der Waals surface area contributed by atoms with Crippen LogP contribution in [-0.2, 0) is 17.8 Å². The summed E-state index contributed by atoms with van der Waals surface area (Å²) in [5, 5.41) is 3.52. The van der Waals surface area contributed by atoms with Gasteiger partial charge in [-0.15, -0.1) is 0 Å². The molecule has 0 fully saturated rings. The molecule has 0 spiro atoms. The van der Waals surface area contributed by atoms with Crippen LogP contribution < -0.4 is 14.8 Å². The normalized spacial score (nSPS) is 11.9. The largest absolute Gasteiger partial charge is 0.496 e. The molecular weight excluding hydrogens is 314 g/mol. The van der Waals surface area contributed by atoms with Crippen LogP contribution in [0.2, 0.25) is 0 Å². The van der Waals surface area contributed by atoms with Crippen LogP contribution in [0.5, 0.6) is 11.5 Å². The van der Waals surface area contributed by atoms with E-state index < -0.39 is 0 Å². The van der Waals surface area contributed by atoms with E-state index in [0.717, 1.165) is 35.4 Å². The number of carbonyl (C=O) groups excluding carboxylic acids is 1. The first kappa shape index (κ1) is 19.0. The Kier molecular flexibility index (Phi) is 6.59. The van der Waals surface area contributed by atoms with Gasteiger partial charge in [0, 0.05) is 19.5 Å². The van der Waals surface area contributed by atoms with Gasteiger partial charge in [-0.1, -0.05) is 31.2 Å². The Morgan fingerprint density at radius 2 is 1.92 bits per heavy atom. The van der Waals surface area contributed by atoms with Gasteiger partial charge in [-0.25, -0.2) is 0 Å². The van der Waals surface area contributed by atoms with Crippen molar-refractivity contribution in [2.24, 2.45) is 0 Å². The van der Waals surface area contributed by atoms with Crippen LogP contribution in [0.4, 0.5) is 0 Å². The van der Waals surface area contributed by atoms with Gasteiger partial charge in [-0.05, 0) is 54.7 Å². The molecule has 0 radical (unpaired) electrons.